The number of amides is 1. The van der Waals surface area contributed by atoms with Crippen LogP contribution in [-0.2, 0) is 14.3 Å². The van der Waals surface area contributed by atoms with E-state index in [0.29, 0.717) is 0 Å². The number of hydrogen-bond donors (Lipinski definition) is 1. The normalized spacial score (nSPS) is 22.2. The SMILES string of the molecule is COC(=O)C(Br)CNC(=O)C1CCCCS1. The van der Waals surface area contributed by atoms with E-state index in [1.54, 1.807) is 11.8 Å². The Morgan fingerprint density at radius 3 is 2.88 bits per heavy atom. The molecular formula is C10H16BrNO3S. The number of nitrogens with one attached hydrogen (secondary N) is 1. The van der Waals surface area contributed by atoms with E-state index in [2.05, 4.69) is 26.0 Å². The van der Waals surface area contributed by atoms with Gasteiger partial charge in [-0.15, -0.1) is 11.8 Å². The van der Waals surface area contributed by atoms with Crippen molar-refractivity contribution in [3.8, 4) is 0 Å². The summed E-state index contributed by atoms with van der Waals surface area (Å²) >= 11 is 4.85. The van der Waals surface area contributed by atoms with Crippen LogP contribution in [-0.4, -0.2) is 41.4 Å². The lowest BCUT2D eigenvalue weighted by Crippen LogP contribution is -2.39. The van der Waals surface area contributed by atoms with Crippen molar-refractivity contribution in [2.45, 2.75) is 29.3 Å². The number of rotatable bonds is 4. The molecule has 1 amide bonds. The quantitative estimate of drug-likeness (QED) is 0.629. The maximum Gasteiger partial charge on any atom is 0.321 e. The van der Waals surface area contributed by atoms with Gasteiger partial charge in [-0.05, 0) is 18.6 Å². The smallest absolute Gasteiger partial charge is 0.321 e. The number of carbonyl (C=O) groups is 2. The molecule has 0 aliphatic carbocycles. The van der Waals surface area contributed by atoms with Crippen molar-refractivity contribution in [1.29, 1.82) is 0 Å². The molecule has 0 bridgehead atoms. The van der Waals surface area contributed by atoms with Gasteiger partial charge in [0.1, 0.15) is 4.83 Å². The summed E-state index contributed by atoms with van der Waals surface area (Å²) in [6.07, 6.45) is 3.24. The van der Waals surface area contributed by atoms with Crippen molar-refractivity contribution in [3.63, 3.8) is 0 Å². The minimum atomic E-state index is -0.463. The summed E-state index contributed by atoms with van der Waals surface area (Å²) < 4.78 is 4.55. The van der Waals surface area contributed by atoms with E-state index in [1.165, 1.54) is 13.5 Å². The third-order valence-corrected chi connectivity index (χ3v) is 4.46. The monoisotopic (exact) mass is 309 g/mol. The molecule has 1 N–H and O–H groups in total. The maximum atomic E-state index is 11.7. The number of ether oxygens (including phenoxy) is 1. The molecule has 0 radical (unpaired) electrons. The van der Waals surface area contributed by atoms with Crippen LogP contribution in [0.3, 0.4) is 0 Å². The molecule has 0 aromatic heterocycles. The van der Waals surface area contributed by atoms with E-state index in [9.17, 15) is 9.59 Å². The Bertz CT molecular complexity index is 256. The molecule has 16 heavy (non-hydrogen) atoms. The maximum absolute atomic E-state index is 11.7. The predicted molar refractivity (Wildman–Crippen MR) is 67.8 cm³/mol. The Morgan fingerprint density at radius 1 is 1.56 bits per heavy atom. The minimum absolute atomic E-state index is 0.0260. The van der Waals surface area contributed by atoms with Crippen LogP contribution in [0.15, 0.2) is 0 Å². The van der Waals surface area contributed by atoms with E-state index < -0.39 is 4.83 Å². The van der Waals surface area contributed by atoms with Gasteiger partial charge in [0.05, 0.1) is 12.4 Å². The zero-order valence-corrected chi connectivity index (χ0v) is 11.6. The average Bonchev–Trinajstić information content (AvgIpc) is 2.35. The lowest BCUT2D eigenvalue weighted by atomic mass is 10.2. The summed E-state index contributed by atoms with van der Waals surface area (Å²) in [6.45, 7) is 0.280. The standard InChI is InChI=1S/C10H16BrNO3S/c1-15-10(14)7(11)6-12-9(13)8-4-2-3-5-16-8/h7-8H,2-6H2,1H3,(H,12,13). The third kappa shape index (κ3) is 4.33. The molecule has 0 aromatic carbocycles. The molecule has 4 nitrogen and oxygen atoms in total. The second-order valence-electron chi connectivity index (χ2n) is 3.59. The second-order valence-corrected chi connectivity index (χ2v) is 6.01. The second kappa shape index (κ2) is 7.17. The number of methoxy groups -OCH3 is 1. The van der Waals surface area contributed by atoms with Crippen LogP contribution in [0.25, 0.3) is 0 Å². The van der Waals surface area contributed by atoms with Crippen molar-refractivity contribution in [3.05, 3.63) is 0 Å². The van der Waals surface area contributed by atoms with E-state index in [0.717, 1.165) is 18.6 Å². The molecule has 0 spiro atoms. The first kappa shape index (κ1) is 13.8. The van der Waals surface area contributed by atoms with E-state index >= 15 is 0 Å². The predicted octanol–water partition coefficient (Wildman–Crippen LogP) is 1.32. The van der Waals surface area contributed by atoms with Crippen LogP contribution in [0, 0.1) is 0 Å². The van der Waals surface area contributed by atoms with E-state index in [4.69, 9.17) is 0 Å². The zero-order valence-electron chi connectivity index (χ0n) is 9.20. The first-order valence-electron chi connectivity index (χ1n) is 5.26. The Hall–Kier alpha value is -0.230. The molecule has 1 fully saturated rings. The first-order chi connectivity index (χ1) is 7.65. The van der Waals surface area contributed by atoms with Gasteiger partial charge >= 0.3 is 5.97 Å². The highest BCUT2D eigenvalue weighted by atomic mass is 79.9. The van der Waals surface area contributed by atoms with Crippen LogP contribution in [0.5, 0.6) is 0 Å². The van der Waals surface area contributed by atoms with Crippen LogP contribution in [0.1, 0.15) is 19.3 Å². The van der Waals surface area contributed by atoms with Gasteiger partial charge in [0.2, 0.25) is 5.91 Å². The fraction of sp³-hybridized carbons (Fsp3) is 0.800. The number of alkyl halides is 1. The van der Waals surface area contributed by atoms with Crippen molar-refractivity contribution in [1.82, 2.24) is 5.32 Å². The molecule has 1 rings (SSSR count). The Morgan fingerprint density at radius 2 is 2.31 bits per heavy atom. The summed E-state index contributed by atoms with van der Waals surface area (Å²) in [6, 6.07) is 0. The molecule has 6 heteroatoms. The molecule has 92 valence electrons. The zero-order chi connectivity index (χ0) is 12.0. The van der Waals surface area contributed by atoms with Crippen LogP contribution >= 0.6 is 27.7 Å². The molecule has 2 unspecified atom stereocenters. The largest absolute Gasteiger partial charge is 0.468 e. The lowest BCUT2D eigenvalue weighted by molar-refractivity contribution is -0.139. The van der Waals surface area contributed by atoms with Crippen molar-refractivity contribution in [2.24, 2.45) is 0 Å². The molecule has 1 saturated heterocycles. The van der Waals surface area contributed by atoms with Gasteiger partial charge in [-0.25, -0.2) is 0 Å². The molecule has 0 saturated carbocycles. The summed E-state index contributed by atoms with van der Waals surface area (Å²) in [5, 5.41) is 2.81. The molecule has 0 aromatic rings. The van der Waals surface area contributed by atoms with Gasteiger partial charge < -0.3 is 10.1 Å². The topological polar surface area (TPSA) is 55.4 Å². The van der Waals surface area contributed by atoms with Gasteiger partial charge in [-0.2, -0.15) is 0 Å². The number of esters is 1. The van der Waals surface area contributed by atoms with E-state index in [-0.39, 0.29) is 23.7 Å². The van der Waals surface area contributed by atoms with Crippen LogP contribution in [0.4, 0.5) is 0 Å². The average molecular weight is 310 g/mol. The number of halogens is 1. The highest BCUT2D eigenvalue weighted by molar-refractivity contribution is 9.10. The summed E-state index contributed by atoms with van der Waals surface area (Å²) in [7, 11) is 1.33. The Kier molecular flexibility index (Phi) is 6.20. The highest BCUT2D eigenvalue weighted by Crippen LogP contribution is 2.24. The van der Waals surface area contributed by atoms with E-state index in [1.807, 2.05) is 0 Å². The summed E-state index contributed by atoms with van der Waals surface area (Å²) in [4.78, 5) is 22.3. The third-order valence-electron chi connectivity index (χ3n) is 2.38. The molecule has 2 atom stereocenters. The van der Waals surface area contributed by atoms with Crippen molar-refractivity contribution in [2.75, 3.05) is 19.4 Å². The minimum Gasteiger partial charge on any atom is -0.468 e. The fourth-order valence-corrected chi connectivity index (χ4v) is 3.03. The van der Waals surface area contributed by atoms with Gasteiger partial charge in [-0.3, -0.25) is 9.59 Å². The lowest BCUT2D eigenvalue weighted by Gasteiger charge is -2.20. The van der Waals surface area contributed by atoms with Gasteiger partial charge in [0, 0.05) is 6.54 Å². The Labute approximate surface area is 108 Å². The molecule has 1 heterocycles. The highest BCUT2D eigenvalue weighted by Gasteiger charge is 2.23. The number of carbonyl (C=O) groups excluding carboxylic acids is 2. The van der Waals surface area contributed by atoms with Crippen LogP contribution < -0.4 is 5.32 Å². The van der Waals surface area contributed by atoms with Gasteiger partial charge in [-0.1, -0.05) is 22.4 Å². The van der Waals surface area contributed by atoms with Gasteiger partial charge in [0.15, 0.2) is 0 Å². The summed E-state index contributed by atoms with van der Waals surface area (Å²) in [5.41, 5.74) is 0. The number of thioether (sulfide) groups is 1. The first-order valence-corrected chi connectivity index (χ1v) is 7.23. The van der Waals surface area contributed by atoms with Crippen molar-refractivity contribution < 1.29 is 14.3 Å². The van der Waals surface area contributed by atoms with Gasteiger partial charge in [0.25, 0.3) is 0 Å². The number of hydrogen-bond acceptors (Lipinski definition) is 4. The molecule has 1 aliphatic heterocycles. The summed E-state index contributed by atoms with van der Waals surface area (Å²) in [5.74, 6) is 0.710. The Balaban J connectivity index is 2.26. The van der Waals surface area contributed by atoms with Crippen molar-refractivity contribution >= 4 is 39.6 Å². The molecule has 1 aliphatic rings. The fourth-order valence-electron chi connectivity index (χ4n) is 1.46. The molecular weight excluding hydrogens is 294 g/mol. The van der Waals surface area contributed by atoms with Crippen LogP contribution in [0.2, 0.25) is 0 Å².